The summed E-state index contributed by atoms with van der Waals surface area (Å²) in [7, 11) is 3.71. The third kappa shape index (κ3) is 2.41. The molecule has 0 radical (unpaired) electrons. The molecular weight excluding hydrogens is 218 g/mol. The van der Waals surface area contributed by atoms with Gasteiger partial charge in [0.1, 0.15) is 17.8 Å². The molecule has 2 N–H and O–H groups in total. The standard InChI is InChI=1S/C11H13N5O/c1-16(2)10-9(12)11(15-7-14-10)17-8-4-3-5-13-6-8/h3-7H,12H2,1-2H3. The number of ether oxygens (including phenoxy) is 1. The minimum absolute atomic E-state index is 0.330. The quantitative estimate of drug-likeness (QED) is 0.858. The number of nitrogens with two attached hydrogens (primary N) is 1. The maximum Gasteiger partial charge on any atom is 0.248 e. The number of pyridine rings is 1. The molecule has 0 aliphatic carbocycles. The average Bonchev–Trinajstić information content (AvgIpc) is 2.33. The fourth-order valence-electron chi connectivity index (χ4n) is 1.33. The highest BCUT2D eigenvalue weighted by atomic mass is 16.5. The summed E-state index contributed by atoms with van der Waals surface area (Å²) in [6.45, 7) is 0. The van der Waals surface area contributed by atoms with E-state index >= 15 is 0 Å². The lowest BCUT2D eigenvalue weighted by Gasteiger charge is -2.15. The topological polar surface area (TPSA) is 77.2 Å². The van der Waals surface area contributed by atoms with Crippen LogP contribution in [0.3, 0.4) is 0 Å². The second-order valence-electron chi connectivity index (χ2n) is 3.60. The van der Waals surface area contributed by atoms with Gasteiger partial charge < -0.3 is 15.4 Å². The van der Waals surface area contributed by atoms with Gasteiger partial charge in [0.05, 0.1) is 6.20 Å². The predicted molar refractivity (Wildman–Crippen MR) is 65.1 cm³/mol. The van der Waals surface area contributed by atoms with Gasteiger partial charge in [-0.2, -0.15) is 4.98 Å². The van der Waals surface area contributed by atoms with Crippen LogP contribution in [0.25, 0.3) is 0 Å². The minimum Gasteiger partial charge on any atom is -0.435 e. The van der Waals surface area contributed by atoms with Gasteiger partial charge in [-0.25, -0.2) is 4.98 Å². The molecule has 0 saturated heterocycles. The molecule has 2 aromatic rings. The van der Waals surface area contributed by atoms with Crippen LogP contribution in [-0.2, 0) is 0 Å². The number of nitrogens with zero attached hydrogens (tertiary/aromatic N) is 4. The van der Waals surface area contributed by atoms with E-state index in [4.69, 9.17) is 10.5 Å². The van der Waals surface area contributed by atoms with E-state index < -0.39 is 0 Å². The van der Waals surface area contributed by atoms with Crippen molar-refractivity contribution in [3.8, 4) is 11.6 Å². The Morgan fingerprint density at radius 1 is 1.29 bits per heavy atom. The minimum atomic E-state index is 0.330. The highest BCUT2D eigenvalue weighted by Gasteiger charge is 2.11. The molecule has 2 rings (SSSR count). The van der Waals surface area contributed by atoms with E-state index in [1.54, 1.807) is 29.4 Å². The molecule has 0 amide bonds. The zero-order valence-electron chi connectivity index (χ0n) is 9.66. The largest absolute Gasteiger partial charge is 0.435 e. The zero-order chi connectivity index (χ0) is 12.3. The number of aromatic nitrogens is 3. The molecule has 0 aliphatic rings. The Labute approximate surface area is 99.1 Å². The fraction of sp³-hybridized carbons (Fsp3) is 0.182. The van der Waals surface area contributed by atoms with E-state index in [-0.39, 0.29) is 0 Å². The second kappa shape index (κ2) is 4.65. The molecule has 0 bridgehead atoms. The van der Waals surface area contributed by atoms with Crippen LogP contribution >= 0.6 is 0 Å². The number of hydrogen-bond acceptors (Lipinski definition) is 6. The molecule has 0 aliphatic heterocycles. The Kier molecular flexibility index (Phi) is 3.04. The number of anilines is 2. The van der Waals surface area contributed by atoms with Crippen LogP contribution in [0.1, 0.15) is 0 Å². The van der Waals surface area contributed by atoms with Gasteiger partial charge in [0.25, 0.3) is 0 Å². The number of hydrogen-bond donors (Lipinski definition) is 1. The molecule has 17 heavy (non-hydrogen) atoms. The summed E-state index contributed by atoms with van der Waals surface area (Å²) < 4.78 is 5.53. The van der Waals surface area contributed by atoms with Crippen molar-refractivity contribution in [3.05, 3.63) is 30.9 Å². The van der Waals surface area contributed by atoms with Crippen molar-refractivity contribution in [2.24, 2.45) is 0 Å². The zero-order valence-corrected chi connectivity index (χ0v) is 9.66. The first kappa shape index (κ1) is 11.1. The van der Waals surface area contributed by atoms with Crippen molar-refractivity contribution in [2.75, 3.05) is 24.7 Å². The van der Waals surface area contributed by atoms with Crippen LogP contribution in [0, 0.1) is 0 Å². The molecule has 0 unspecified atom stereocenters. The molecular formula is C11H13N5O. The van der Waals surface area contributed by atoms with Gasteiger partial charge in [-0.15, -0.1) is 0 Å². The van der Waals surface area contributed by atoms with Crippen LogP contribution < -0.4 is 15.4 Å². The van der Waals surface area contributed by atoms with Crippen LogP contribution in [0.15, 0.2) is 30.9 Å². The summed E-state index contributed by atoms with van der Waals surface area (Å²) in [4.78, 5) is 13.8. The molecule has 6 heteroatoms. The summed E-state index contributed by atoms with van der Waals surface area (Å²) in [5.74, 6) is 1.54. The lowest BCUT2D eigenvalue weighted by atomic mass is 10.4. The molecule has 0 spiro atoms. The van der Waals surface area contributed by atoms with E-state index in [1.165, 1.54) is 6.33 Å². The third-order valence-corrected chi connectivity index (χ3v) is 2.10. The Balaban J connectivity index is 2.31. The van der Waals surface area contributed by atoms with Gasteiger partial charge in [0.15, 0.2) is 5.82 Å². The van der Waals surface area contributed by atoms with Gasteiger partial charge in [-0.3, -0.25) is 4.98 Å². The summed E-state index contributed by atoms with van der Waals surface area (Å²) in [6, 6.07) is 3.56. The van der Waals surface area contributed by atoms with E-state index in [2.05, 4.69) is 15.0 Å². The Morgan fingerprint density at radius 2 is 2.12 bits per heavy atom. The summed E-state index contributed by atoms with van der Waals surface area (Å²) >= 11 is 0. The first-order chi connectivity index (χ1) is 8.18. The highest BCUT2D eigenvalue weighted by molar-refractivity contribution is 5.67. The molecule has 2 aromatic heterocycles. The Bertz CT molecular complexity index is 500. The molecule has 0 fully saturated rings. The summed E-state index contributed by atoms with van der Waals surface area (Å²) in [5.41, 5.74) is 6.32. The van der Waals surface area contributed by atoms with Gasteiger partial charge >= 0.3 is 0 Å². The van der Waals surface area contributed by atoms with E-state index in [1.807, 2.05) is 14.1 Å². The van der Waals surface area contributed by atoms with Gasteiger partial charge in [0, 0.05) is 20.3 Å². The van der Waals surface area contributed by atoms with Crippen molar-refractivity contribution >= 4 is 11.5 Å². The van der Waals surface area contributed by atoms with Crippen LogP contribution in [0.5, 0.6) is 11.6 Å². The average molecular weight is 231 g/mol. The van der Waals surface area contributed by atoms with E-state index in [9.17, 15) is 0 Å². The van der Waals surface area contributed by atoms with Crippen LogP contribution in [0.4, 0.5) is 11.5 Å². The fourth-order valence-corrected chi connectivity index (χ4v) is 1.33. The predicted octanol–water partition coefficient (Wildman–Crippen LogP) is 1.31. The lowest BCUT2D eigenvalue weighted by molar-refractivity contribution is 0.462. The third-order valence-electron chi connectivity index (χ3n) is 2.10. The highest BCUT2D eigenvalue weighted by Crippen LogP contribution is 2.29. The van der Waals surface area contributed by atoms with E-state index in [0.717, 1.165) is 0 Å². The molecule has 0 saturated carbocycles. The van der Waals surface area contributed by atoms with Gasteiger partial charge in [0.2, 0.25) is 5.88 Å². The van der Waals surface area contributed by atoms with Gasteiger partial charge in [-0.1, -0.05) is 0 Å². The van der Waals surface area contributed by atoms with Crippen molar-refractivity contribution in [1.82, 2.24) is 15.0 Å². The maximum absolute atomic E-state index is 5.92. The SMILES string of the molecule is CN(C)c1ncnc(Oc2cccnc2)c1N. The van der Waals surface area contributed by atoms with Crippen molar-refractivity contribution in [1.29, 1.82) is 0 Å². The lowest BCUT2D eigenvalue weighted by Crippen LogP contribution is -2.14. The van der Waals surface area contributed by atoms with Gasteiger partial charge in [-0.05, 0) is 12.1 Å². The summed E-state index contributed by atoms with van der Waals surface area (Å²) in [5, 5.41) is 0. The monoisotopic (exact) mass is 231 g/mol. The first-order valence-corrected chi connectivity index (χ1v) is 5.04. The molecule has 2 heterocycles. The molecule has 0 aromatic carbocycles. The second-order valence-corrected chi connectivity index (χ2v) is 3.60. The molecule has 88 valence electrons. The molecule has 6 nitrogen and oxygen atoms in total. The number of rotatable bonds is 3. The number of nitrogen functional groups attached to an aromatic ring is 1. The summed E-state index contributed by atoms with van der Waals surface area (Å²) in [6.07, 6.45) is 4.68. The van der Waals surface area contributed by atoms with Crippen molar-refractivity contribution < 1.29 is 4.74 Å². The van der Waals surface area contributed by atoms with Crippen LogP contribution in [-0.4, -0.2) is 29.0 Å². The maximum atomic E-state index is 5.92. The van der Waals surface area contributed by atoms with E-state index in [0.29, 0.717) is 23.1 Å². The molecule has 0 atom stereocenters. The first-order valence-electron chi connectivity index (χ1n) is 5.04. The Hall–Kier alpha value is -2.37. The normalized spacial score (nSPS) is 10.0. The smallest absolute Gasteiger partial charge is 0.248 e. The van der Waals surface area contributed by atoms with Crippen molar-refractivity contribution in [2.45, 2.75) is 0 Å². The Morgan fingerprint density at radius 3 is 2.76 bits per heavy atom. The van der Waals surface area contributed by atoms with Crippen LogP contribution in [0.2, 0.25) is 0 Å². The van der Waals surface area contributed by atoms with Crippen molar-refractivity contribution in [3.63, 3.8) is 0 Å².